The number of aryl methyl sites for hydroxylation is 2. The van der Waals surface area contributed by atoms with Crippen molar-refractivity contribution in [2.75, 3.05) is 17.1 Å². The monoisotopic (exact) mass is 477 g/mol. The first kappa shape index (κ1) is 26.3. The van der Waals surface area contributed by atoms with Gasteiger partial charge in [-0.1, -0.05) is 24.3 Å². The van der Waals surface area contributed by atoms with Crippen LogP contribution in [0.4, 0.5) is 10.1 Å². The van der Waals surface area contributed by atoms with E-state index in [2.05, 4.69) is 5.32 Å². The molecule has 0 fully saturated rings. The number of hydrogen-bond acceptors (Lipinski definition) is 4. The van der Waals surface area contributed by atoms with Gasteiger partial charge in [0.15, 0.2) is 0 Å². The molecule has 1 atom stereocenters. The molecular formula is C24H32FN3O4S. The van der Waals surface area contributed by atoms with Gasteiger partial charge in [0.1, 0.15) is 18.4 Å². The van der Waals surface area contributed by atoms with Gasteiger partial charge in [0.25, 0.3) is 0 Å². The number of nitrogens with one attached hydrogen (secondary N) is 1. The molecule has 0 aliphatic rings. The second-order valence-corrected chi connectivity index (χ2v) is 10.4. The summed E-state index contributed by atoms with van der Waals surface area (Å²) in [6, 6.07) is 9.97. The Morgan fingerprint density at radius 2 is 1.67 bits per heavy atom. The fourth-order valence-electron chi connectivity index (χ4n) is 3.29. The van der Waals surface area contributed by atoms with Crippen LogP contribution >= 0.6 is 0 Å². The summed E-state index contributed by atoms with van der Waals surface area (Å²) in [4.78, 5) is 27.3. The molecular weight excluding hydrogens is 445 g/mol. The van der Waals surface area contributed by atoms with E-state index >= 15 is 0 Å². The van der Waals surface area contributed by atoms with Crippen LogP contribution in [-0.4, -0.2) is 50.0 Å². The highest BCUT2D eigenvalue weighted by Gasteiger charge is 2.30. The zero-order valence-corrected chi connectivity index (χ0v) is 20.7. The fourth-order valence-corrected chi connectivity index (χ4v) is 4.13. The van der Waals surface area contributed by atoms with Gasteiger partial charge in [-0.15, -0.1) is 0 Å². The minimum atomic E-state index is -3.81. The van der Waals surface area contributed by atoms with Crippen molar-refractivity contribution >= 4 is 27.5 Å². The lowest BCUT2D eigenvalue weighted by molar-refractivity contribution is -0.139. The summed E-state index contributed by atoms with van der Waals surface area (Å²) in [5, 5.41) is 2.75. The largest absolute Gasteiger partial charge is 0.352 e. The number of benzene rings is 2. The normalized spacial score (nSPS) is 12.4. The number of rotatable bonds is 9. The summed E-state index contributed by atoms with van der Waals surface area (Å²) in [5.41, 5.74) is 2.44. The molecule has 1 N–H and O–H groups in total. The van der Waals surface area contributed by atoms with Gasteiger partial charge < -0.3 is 10.2 Å². The van der Waals surface area contributed by atoms with Gasteiger partial charge in [-0.25, -0.2) is 12.8 Å². The van der Waals surface area contributed by atoms with Gasteiger partial charge in [0.2, 0.25) is 21.8 Å². The van der Waals surface area contributed by atoms with Crippen LogP contribution in [-0.2, 0) is 26.2 Å². The third-order valence-corrected chi connectivity index (χ3v) is 6.50. The van der Waals surface area contributed by atoms with Crippen LogP contribution in [0.25, 0.3) is 0 Å². The quantitative estimate of drug-likeness (QED) is 0.601. The van der Waals surface area contributed by atoms with Gasteiger partial charge in [0.05, 0.1) is 11.9 Å². The number of carbonyl (C=O) groups excluding carboxylic acids is 2. The summed E-state index contributed by atoms with van der Waals surface area (Å²) in [6.07, 6.45) is 1.02. The maximum atomic E-state index is 14.3. The van der Waals surface area contributed by atoms with Crippen LogP contribution in [0.3, 0.4) is 0 Å². The van der Waals surface area contributed by atoms with Crippen molar-refractivity contribution in [3.8, 4) is 0 Å². The third-order valence-electron chi connectivity index (χ3n) is 5.35. The number of hydrogen-bond donors (Lipinski definition) is 1. The van der Waals surface area contributed by atoms with Crippen LogP contribution in [0.2, 0.25) is 0 Å². The molecule has 0 heterocycles. The maximum absolute atomic E-state index is 14.3. The summed E-state index contributed by atoms with van der Waals surface area (Å²) < 4.78 is 40.5. The van der Waals surface area contributed by atoms with Gasteiger partial charge in [-0.05, 0) is 63.9 Å². The Kier molecular flexibility index (Phi) is 8.60. The average molecular weight is 478 g/mol. The van der Waals surface area contributed by atoms with E-state index in [1.165, 1.54) is 30.0 Å². The Morgan fingerprint density at radius 3 is 2.21 bits per heavy atom. The number of amides is 2. The Labute approximate surface area is 195 Å². The number of anilines is 1. The molecule has 2 aromatic carbocycles. The molecule has 0 saturated heterocycles. The van der Waals surface area contributed by atoms with Crippen LogP contribution in [0.15, 0.2) is 42.5 Å². The van der Waals surface area contributed by atoms with Crippen LogP contribution < -0.4 is 9.62 Å². The average Bonchev–Trinajstić information content (AvgIpc) is 2.71. The van der Waals surface area contributed by atoms with Crippen molar-refractivity contribution in [3.63, 3.8) is 0 Å². The second kappa shape index (κ2) is 10.8. The highest BCUT2D eigenvalue weighted by molar-refractivity contribution is 7.92. The third kappa shape index (κ3) is 7.02. The van der Waals surface area contributed by atoms with Crippen molar-refractivity contribution < 1.29 is 22.4 Å². The van der Waals surface area contributed by atoms with Gasteiger partial charge in [-0.3, -0.25) is 13.9 Å². The van der Waals surface area contributed by atoms with E-state index < -0.39 is 40.2 Å². The van der Waals surface area contributed by atoms with Gasteiger partial charge >= 0.3 is 0 Å². The number of nitrogens with zero attached hydrogens (tertiary/aromatic N) is 2. The molecule has 0 unspecified atom stereocenters. The number of halogens is 1. The van der Waals surface area contributed by atoms with Crippen molar-refractivity contribution in [2.45, 2.75) is 53.2 Å². The van der Waals surface area contributed by atoms with E-state index in [0.717, 1.165) is 21.7 Å². The SMILES string of the molecule is Cc1ccc(N(CC(=O)N(Cc2ccccc2F)[C@@H](C)C(=O)NC(C)C)S(C)(=O)=O)cc1C. The highest BCUT2D eigenvalue weighted by atomic mass is 32.2. The molecule has 0 aromatic heterocycles. The predicted molar refractivity (Wildman–Crippen MR) is 128 cm³/mol. The van der Waals surface area contributed by atoms with Gasteiger partial charge in [-0.2, -0.15) is 0 Å². The fraction of sp³-hybridized carbons (Fsp3) is 0.417. The van der Waals surface area contributed by atoms with Crippen LogP contribution in [0.1, 0.15) is 37.5 Å². The van der Waals surface area contributed by atoms with Crippen LogP contribution in [0.5, 0.6) is 0 Å². The van der Waals surface area contributed by atoms with Gasteiger partial charge in [0, 0.05) is 18.2 Å². The molecule has 9 heteroatoms. The summed E-state index contributed by atoms with van der Waals surface area (Å²) in [7, 11) is -3.81. The Bertz CT molecular complexity index is 1120. The Balaban J connectivity index is 2.43. The Morgan fingerprint density at radius 1 is 1.03 bits per heavy atom. The lowest BCUT2D eigenvalue weighted by Crippen LogP contribution is -2.52. The molecule has 7 nitrogen and oxygen atoms in total. The van der Waals surface area contributed by atoms with E-state index in [9.17, 15) is 22.4 Å². The minimum Gasteiger partial charge on any atom is -0.352 e. The smallest absolute Gasteiger partial charge is 0.244 e. The molecule has 0 spiro atoms. The van der Waals surface area contributed by atoms with Crippen molar-refractivity contribution in [3.05, 3.63) is 65.0 Å². The molecule has 0 bridgehead atoms. The molecule has 0 saturated carbocycles. The summed E-state index contributed by atoms with van der Waals surface area (Å²) >= 11 is 0. The topological polar surface area (TPSA) is 86.8 Å². The zero-order chi connectivity index (χ0) is 24.9. The lowest BCUT2D eigenvalue weighted by Gasteiger charge is -2.32. The van der Waals surface area contributed by atoms with Crippen LogP contribution in [0, 0.1) is 19.7 Å². The summed E-state index contributed by atoms with van der Waals surface area (Å²) in [5.74, 6) is -1.54. The molecule has 0 aliphatic heterocycles. The van der Waals surface area contributed by atoms with E-state index in [4.69, 9.17) is 0 Å². The minimum absolute atomic E-state index is 0.159. The predicted octanol–water partition coefficient (Wildman–Crippen LogP) is 3.15. The van der Waals surface area contributed by atoms with E-state index in [0.29, 0.717) is 5.69 Å². The standard InChI is InChI=1S/C24H32FN3O4S/c1-16(2)26-24(30)19(5)27(14-20-9-7-8-10-22(20)25)23(29)15-28(33(6,31)32)21-12-11-17(3)18(4)13-21/h7-13,16,19H,14-15H2,1-6H3,(H,26,30)/t19-/m0/s1. The van der Waals surface area contributed by atoms with Crippen molar-refractivity contribution in [2.24, 2.45) is 0 Å². The molecule has 2 amide bonds. The van der Waals surface area contributed by atoms with E-state index in [1.807, 2.05) is 13.8 Å². The first-order valence-electron chi connectivity index (χ1n) is 10.7. The highest BCUT2D eigenvalue weighted by Crippen LogP contribution is 2.22. The van der Waals surface area contributed by atoms with E-state index in [-0.39, 0.29) is 18.2 Å². The zero-order valence-electron chi connectivity index (χ0n) is 19.9. The van der Waals surface area contributed by atoms with E-state index in [1.54, 1.807) is 38.1 Å². The Hall–Kier alpha value is -2.94. The molecule has 2 rings (SSSR count). The molecule has 180 valence electrons. The molecule has 33 heavy (non-hydrogen) atoms. The first-order valence-corrected chi connectivity index (χ1v) is 12.5. The second-order valence-electron chi connectivity index (χ2n) is 8.49. The molecule has 2 aromatic rings. The number of sulfonamides is 1. The lowest BCUT2D eigenvalue weighted by atomic mass is 10.1. The first-order chi connectivity index (χ1) is 15.3. The van der Waals surface area contributed by atoms with Crippen molar-refractivity contribution in [1.29, 1.82) is 0 Å². The molecule has 0 radical (unpaired) electrons. The number of carbonyl (C=O) groups is 2. The maximum Gasteiger partial charge on any atom is 0.244 e. The van der Waals surface area contributed by atoms with Crippen molar-refractivity contribution in [1.82, 2.24) is 10.2 Å². The molecule has 0 aliphatic carbocycles. The summed E-state index contributed by atoms with van der Waals surface area (Å²) in [6.45, 7) is 8.18.